The van der Waals surface area contributed by atoms with Crippen molar-refractivity contribution in [3.8, 4) is 5.75 Å². The van der Waals surface area contributed by atoms with Gasteiger partial charge in [-0.2, -0.15) is 0 Å². The van der Waals surface area contributed by atoms with Crippen molar-refractivity contribution < 1.29 is 18.7 Å². The molecular formula is C18H17FN2O3S. The number of carbonyl (C=O) groups is 1. The number of halogens is 1. The second-order valence-corrected chi connectivity index (χ2v) is 5.99. The molecular weight excluding hydrogens is 343 g/mol. The standard InChI is InChI=1S/C18H17FN2O3S/c1-11-7-8-12(9-13(11)19)20-18(25)21-10-16(17(22)23-2)24-15-6-4-3-5-14(15)21/h3-9,16H,10H2,1-2H3,(H,20,25)/t16-/m0/s1. The van der Waals surface area contributed by atoms with Gasteiger partial charge in [0, 0.05) is 5.69 Å². The highest BCUT2D eigenvalue weighted by atomic mass is 32.1. The fraction of sp³-hybridized carbons (Fsp3) is 0.222. The third-order valence-corrected chi connectivity index (χ3v) is 4.23. The van der Waals surface area contributed by atoms with Crippen LogP contribution in [0.25, 0.3) is 0 Å². The van der Waals surface area contributed by atoms with E-state index in [-0.39, 0.29) is 12.4 Å². The minimum atomic E-state index is -0.797. The Morgan fingerprint density at radius 1 is 1.36 bits per heavy atom. The molecule has 2 aromatic rings. The van der Waals surface area contributed by atoms with Gasteiger partial charge in [0.2, 0.25) is 6.10 Å². The van der Waals surface area contributed by atoms with E-state index in [0.717, 1.165) is 5.69 Å². The first kappa shape index (κ1) is 17.2. The van der Waals surface area contributed by atoms with Crippen LogP contribution in [0.4, 0.5) is 15.8 Å². The van der Waals surface area contributed by atoms with Crippen molar-refractivity contribution in [1.29, 1.82) is 0 Å². The van der Waals surface area contributed by atoms with Crippen molar-refractivity contribution in [3.63, 3.8) is 0 Å². The van der Waals surface area contributed by atoms with E-state index in [4.69, 9.17) is 21.7 Å². The van der Waals surface area contributed by atoms with Crippen LogP contribution < -0.4 is 15.0 Å². The summed E-state index contributed by atoms with van der Waals surface area (Å²) in [5.41, 5.74) is 1.82. The molecule has 130 valence electrons. The zero-order valence-corrected chi connectivity index (χ0v) is 14.6. The normalized spacial score (nSPS) is 15.8. The molecule has 0 radical (unpaired) electrons. The van der Waals surface area contributed by atoms with Gasteiger partial charge < -0.3 is 19.7 Å². The number of benzene rings is 2. The van der Waals surface area contributed by atoms with Gasteiger partial charge >= 0.3 is 5.97 Å². The highest BCUT2D eigenvalue weighted by molar-refractivity contribution is 7.80. The molecule has 0 spiro atoms. The van der Waals surface area contributed by atoms with Gasteiger partial charge in [-0.05, 0) is 49.0 Å². The number of hydrogen-bond donors (Lipinski definition) is 1. The molecule has 0 aliphatic carbocycles. The van der Waals surface area contributed by atoms with Crippen molar-refractivity contribution >= 4 is 34.7 Å². The summed E-state index contributed by atoms with van der Waals surface area (Å²) in [7, 11) is 1.31. The molecule has 3 rings (SSSR count). The average Bonchev–Trinajstić information content (AvgIpc) is 2.63. The van der Waals surface area contributed by atoms with Gasteiger partial charge in [-0.3, -0.25) is 0 Å². The summed E-state index contributed by atoms with van der Waals surface area (Å²) in [6, 6.07) is 12.0. The molecule has 0 saturated heterocycles. The van der Waals surface area contributed by atoms with Crippen molar-refractivity contribution in [1.82, 2.24) is 0 Å². The lowest BCUT2D eigenvalue weighted by Crippen LogP contribution is -2.48. The lowest BCUT2D eigenvalue weighted by atomic mass is 10.2. The first-order valence-corrected chi connectivity index (χ1v) is 8.08. The van der Waals surface area contributed by atoms with E-state index >= 15 is 0 Å². The predicted molar refractivity (Wildman–Crippen MR) is 97.6 cm³/mol. The van der Waals surface area contributed by atoms with Crippen LogP contribution in [0.5, 0.6) is 5.75 Å². The molecule has 0 fully saturated rings. The fourth-order valence-corrected chi connectivity index (χ4v) is 2.83. The van der Waals surface area contributed by atoms with Gasteiger partial charge in [0.15, 0.2) is 5.11 Å². The lowest BCUT2D eigenvalue weighted by Gasteiger charge is -2.35. The summed E-state index contributed by atoms with van der Waals surface area (Å²) in [5.74, 6) is -0.269. The maximum absolute atomic E-state index is 13.7. The second kappa shape index (κ2) is 7.06. The Kier molecular flexibility index (Phi) is 4.85. The van der Waals surface area contributed by atoms with Crippen molar-refractivity contribution in [2.24, 2.45) is 0 Å². The van der Waals surface area contributed by atoms with E-state index in [9.17, 15) is 9.18 Å². The zero-order valence-electron chi connectivity index (χ0n) is 13.8. The SMILES string of the molecule is COC(=O)[C@@H]1CN(C(=S)Nc2ccc(C)c(F)c2)c2ccccc2O1. The minimum absolute atomic E-state index is 0.198. The molecule has 0 bridgehead atoms. The molecule has 0 amide bonds. The van der Waals surface area contributed by atoms with Gasteiger partial charge in [0.25, 0.3) is 0 Å². The Morgan fingerprint density at radius 3 is 2.84 bits per heavy atom. The van der Waals surface area contributed by atoms with Gasteiger partial charge in [0.05, 0.1) is 19.3 Å². The average molecular weight is 360 g/mol. The Bertz CT molecular complexity index is 828. The molecule has 1 aliphatic rings. The highest BCUT2D eigenvalue weighted by Gasteiger charge is 2.33. The molecule has 0 saturated carbocycles. The van der Waals surface area contributed by atoms with E-state index in [1.807, 2.05) is 18.2 Å². The number of aryl methyl sites for hydroxylation is 1. The quantitative estimate of drug-likeness (QED) is 0.655. The Morgan fingerprint density at radius 2 is 2.12 bits per heavy atom. The van der Waals surface area contributed by atoms with E-state index in [2.05, 4.69) is 5.32 Å². The summed E-state index contributed by atoms with van der Waals surface area (Å²) in [6.45, 7) is 1.89. The number of anilines is 2. The number of thiocarbonyl (C=S) groups is 1. The minimum Gasteiger partial charge on any atom is -0.475 e. The molecule has 0 unspecified atom stereocenters. The molecule has 25 heavy (non-hydrogen) atoms. The number of fused-ring (bicyclic) bond motifs is 1. The molecule has 1 N–H and O–H groups in total. The number of carbonyl (C=O) groups excluding carboxylic acids is 1. The summed E-state index contributed by atoms with van der Waals surface area (Å²) in [6.07, 6.45) is -0.797. The van der Waals surface area contributed by atoms with Crippen LogP contribution in [-0.2, 0) is 9.53 Å². The predicted octanol–water partition coefficient (Wildman–Crippen LogP) is 3.27. The maximum atomic E-state index is 13.7. The number of methoxy groups -OCH3 is 1. The first-order chi connectivity index (χ1) is 12.0. The second-order valence-electron chi connectivity index (χ2n) is 5.60. The van der Waals surface area contributed by atoms with Crippen LogP contribution in [0.2, 0.25) is 0 Å². The molecule has 0 aromatic heterocycles. The van der Waals surface area contributed by atoms with Crippen LogP contribution in [-0.4, -0.2) is 30.8 Å². The highest BCUT2D eigenvalue weighted by Crippen LogP contribution is 2.33. The summed E-state index contributed by atoms with van der Waals surface area (Å²) in [5, 5.41) is 3.35. The van der Waals surface area contributed by atoms with Crippen molar-refractivity contribution in [2.45, 2.75) is 13.0 Å². The number of nitrogens with one attached hydrogen (secondary N) is 1. The molecule has 2 aromatic carbocycles. The number of rotatable bonds is 2. The smallest absolute Gasteiger partial charge is 0.348 e. The number of para-hydroxylation sites is 2. The molecule has 7 heteroatoms. The van der Waals surface area contributed by atoms with Gasteiger partial charge in [0.1, 0.15) is 11.6 Å². The van der Waals surface area contributed by atoms with Gasteiger partial charge in [-0.1, -0.05) is 18.2 Å². The van der Waals surface area contributed by atoms with E-state index in [1.54, 1.807) is 30.0 Å². The Hall–Kier alpha value is -2.67. The number of hydrogen-bond acceptors (Lipinski definition) is 4. The maximum Gasteiger partial charge on any atom is 0.348 e. The topological polar surface area (TPSA) is 50.8 Å². The monoisotopic (exact) mass is 360 g/mol. The van der Waals surface area contributed by atoms with Crippen LogP contribution in [0.3, 0.4) is 0 Å². The third-order valence-electron chi connectivity index (χ3n) is 3.91. The molecule has 5 nitrogen and oxygen atoms in total. The Labute approximate surface area is 150 Å². The van der Waals surface area contributed by atoms with Crippen molar-refractivity contribution in [2.75, 3.05) is 23.9 Å². The number of ether oxygens (including phenoxy) is 2. The summed E-state index contributed by atoms with van der Waals surface area (Å²) in [4.78, 5) is 13.6. The lowest BCUT2D eigenvalue weighted by molar-refractivity contribution is -0.148. The van der Waals surface area contributed by atoms with Crippen LogP contribution >= 0.6 is 12.2 Å². The summed E-state index contributed by atoms with van der Waals surface area (Å²) >= 11 is 5.47. The molecule has 1 atom stereocenters. The van der Waals surface area contributed by atoms with E-state index in [0.29, 0.717) is 22.1 Å². The van der Waals surface area contributed by atoms with Gasteiger partial charge in [-0.25, -0.2) is 9.18 Å². The summed E-state index contributed by atoms with van der Waals surface area (Å²) < 4.78 is 24.2. The molecule has 1 aliphatic heterocycles. The number of esters is 1. The van der Waals surface area contributed by atoms with Crippen LogP contribution in [0.1, 0.15) is 5.56 Å². The third kappa shape index (κ3) is 3.56. The van der Waals surface area contributed by atoms with Crippen LogP contribution in [0.15, 0.2) is 42.5 Å². The largest absolute Gasteiger partial charge is 0.475 e. The van der Waals surface area contributed by atoms with E-state index in [1.165, 1.54) is 13.2 Å². The van der Waals surface area contributed by atoms with Crippen LogP contribution in [0, 0.1) is 12.7 Å². The fourth-order valence-electron chi connectivity index (χ4n) is 2.54. The van der Waals surface area contributed by atoms with E-state index < -0.39 is 12.1 Å². The zero-order chi connectivity index (χ0) is 18.0. The number of nitrogens with zero attached hydrogens (tertiary/aromatic N) is 1. The van der Waals surface area contributed by atoms with Gasteiger partial charge in [-0.15, -0.1) is 0 Å². The van der Waals surface area contributed by atoms with Crippen molar-refractivity contribution in [3.05, 3.63) is 53.8 Å². The first-order valence-electron chi connectivity index (χ1n) is 7.68. The Balaban J connectivity index is 1.87. The molecule has 1 heterocycles.